The predicted octanol–water partition coefficient (Wildman–Crippen LogP) is 1.85. The first-order chi connectivity index (χ1) is 7.22. The third-order valence-corrected chi connectivity index (χ3v) is 2.03. The molecule has 0 unspecified atom stereocenters. The van der Waals surface area contributed by atoms with E-state index < -0.39 is 11.6 Å². The summed E-state index contributed by atoms with van der Waals surface area (Å²) in [5.74, 6) is -1.85. The first kappa shape index (κ1) is 9.79. The molecule has 0 fully saturated rings. The first-order valence-corrected chi connectivity index (χ1v) is 4.32. The van der Waals surface area contributed by atoms with Crippen molar-refractivity contribution in [2.45, 2.75) is 6.61 Å². The molecule has 1 heterocycles. The molecule has 2 rings (SSSR count). The fraction of sp³-hybridized carbons (Fsp3) is 0.100. The van der Waals surface area contributed by atoms with Crippen LogP contribution in [-0.2, 0) is 6.61 Å². The van der Waals surface area contributed by atoms with E-state index in [-0.39, 0.29) is 17.9 Å². The lowest BCUT2D eigenvalue weighted by Gasteiger charge is -1.98. The zero-order chi connectivity index (χ0) is 10.8. The molecule has 15 heavy (non-hydrogen) atoms. The van der Waals surface area contributed by atoms with Crippen molar-refractivity contribution in [2.24, 2.45) is 0 Å². The Morgan fingerprint density at radius 3 is 2.80 bits per heavy atom. The first-order valence-electron chi connectivity index (χ1n) is 4.32. The Morgan fingerprint density at radius 2 is 2.13 bits per heavy atom. The number of nitrogens with zero attached hydrogens (tertiary/aromatic N) is 1. The Bertz CT molecular complexity index is 482. The average Bonchev–Trinajstić information content (AvgIpc) is 2.70. The molecule has 3 nitrogen and oxygen atoms in total. The van der Waals surface area contributed by atoms with Crippen LogP contribution < -0.4 is 0 Å². The van der Waals surface area contributed by atoms with Crippen LogP contribution in [0, 0.1) is 11.6 Å². The van der Waals surface area contributed by atoms with E-state index in [0.29, 0.717) is 5.69 Å². The minimum absolute atomic E-state index is 0.0750. The lowest BCUT2D eigenvalue weighted by atomic mass is 10.1. The molecule has 0 amide bonds. The summed E-state index contributed by atoms with van der Waals surface area (Å²) in [5, 5.41) is 15.1. The van der Waals surface area contributed by atoms with Crippen molar-refractivity contribution in [3.8, 4) is 11.3 Å². The van der Waals surface area contributed by atoms with Crippen LogP contribution in [0.5, 0.6) is 0 Å². The monoisotopic (exact) mass is 210 g/mol. The molecule has 0 saturated carbocycles. The summed E-state index contributed by atoms with van der Waals surface area (Å²) in [4.78, 5) is 0. The molecule has 78 valence electrons. The number of halogens is 2. The molecule has 1 aromatic carbocycles. The Morgan fingerprint density at radius 1 is 1.33 bits per heavy atom. The highest BCUT2D eigenvalue weighted by Crippen LogP contribution is 2.22. The van der Waals surface area contributed by atoms with E-state index in [1.54, 1.807) is 0 Å². The van der Waals surface area contributed by atoms with E-state index in [1.807, 2.05) is 0 Å². The molecule has 0 aliphatic rings. The third kappa shape index (κ3) is 1.73. The van der Waals surface area contributed by atoms with E-state index >= 15 is 0 Å². The molecule has 0 aliphatic carbocycles. The summed E-state index contributed by atoms with van der Waals surface area (Å²) in [5.41, 5.74) is 0.802. The zero-order valence-corrected chi connectivity index (χ0v) is 7.67. The van der Waals surface area contributed by atoms with E-state index in [4.69, 9.17) is 5.11 Å². The summed E-state index contributed by atoms with van der Waals surface area (Å²) in [6, 6.07) is 5.34. The van der Waals surface area contributed by atoms with Crippen LogP contribution in [0.3, 0.4) is 0 Å². The minimum atomic E-state index is -0.937. The number of rotatable bonds is 2. The fourth-order valence-corrected chi connectivity index (χ4v) is 1.28. The molecule has 0 saturated heterocycles. The van der Waals surface area contributed by atoms with Gasteiger partial charge in [-0.3, -0.25) is 5.10 Å². The topological polar surface area (TPSA) is 48.9 Å². The van der Waals surface area contributed by atoms with Gasteiger partial charge in [-0.1, -0.05) is 6.07 Å². The van der Waals surface area contributed by atoms with Gasteiger partial charge >= 0.3 is 0 Å². The van der Waals surface area contributed by atoms with Crippen LogP contribution in [0.1, 0.15) is 5.69 Å². The van der Waals surface area contributed by atoms with Gasteiger partial charge < -0.3 is 5.11 Å². The van der Waals surface area contributed by atoms with Crippen molar-refractivity contribution in [1.82, 2.24) is 10.2 Å². The van der Waals surface area contributed by atoms with Crippen LogP contribution in [0.4, 0.5) is 8.78 Å². The highest BCUT2D eigenvalue weighted by Gasteiger charge is 2.12. The molecule has 0 atom stereocenters. The summed E-state index contributed by atoms with van der Waals surface area (Å²) in [6.45, 7) is -0.218. The van der Waals surface area contributed by atoms with Crippen molar-refractivity contribution in [3.63, 3.8) is 0 Å². The number of hydrogen-bond acceptors (Lipinski definition) is 2. The molecule has 0 radical (unpaired) electrons. The molecule has 2 N–H and O–H groups in total. The van der Waals surface area contributed by atoms with Crippen molar-refractivity contribution in [2.75, 3.05) is 0 Å². The second kappa shape index (κ2) is 3.78. The third-order valence-electron chi connectivity index (χ3n) is 2.03. The van der Waals surface area contributed by atoms with Crippen molar-refractivity contribution in [1.29, 1.82) is 0 Å². The molecule has 1 aromatic heterocycles. The summed E-state index contributed by atoms with van der Waals surface area (Å²) >= 11 is 0. The van der Waals surface area contributed by atoms with Gasteiger partial charge in [-0.2, -0.15) is 5.10 Å². The SMILES string of the molecule is OCc1cc(-c2cccc(F)c2F)n[nH]1. The Hall–Kier alpha value is -1.75. The van der Waals surface area contributed by atoms with Gasteiger partial charge in [-0.15, -0.1) is 0 Å². The Balaban J connectivity index is 2.49. The average molecular weight is 210 g/mol. The fourth-order valence-electron chi connectivity index (χ4n) is 1.28. The van der Waals surface area contributed by atoms with Gasteiger partial charge in [0.1, 0.15) is 0 Å². The molecule has 0 aliphatic heterocycles. The molecule has 0 bridgehead atoms. The smallest absolute Gasteiger partial charge is 0.168 e. The molecule has 2 aromatic rings. The van der Waals surface area contributed by atoms with Crippen LogP contribution in [-0.4, -0.2) is 15.3 Å². The lowest BCUT2D eigenvalue weighted by molar-refractivity contribution is 0.276. The predicted molar refractivity (Wildman–Crippen MR) is 49.9 cm³/mol. The number of H-pyrrole nitrogens is 1. The number of aromatic nitrogens is 2. The number of hydrogen-bond donors (Lipinski definition) is 2. The second-order valence-electron chi connectivity index (χ2n) is 3.04. The van der Waals surface area contributed by atoms with E-state index in [9.17, 15) is 8.78 Å². The largest absolute Gasteiger partial charge is 0.390 e. The number of aliphatic hydroxyl groups excluding tert-OH is 1. The van der Waals surface area contributed by atoms with E-state index in [1.165, 1.54) is 18.2 Å². The maximum atomic E-state index is 13.3. The summed E-state index contributed by atoms with van der Waals surface area (Å²) in [7, 11) is 0. The van der Waals surface area contributed by atoms with E-state index in [2.05, 4.69) is 10.2 Å². The molecule has 5 heteroatoms. The van der Waals surface area contributed by atoms with Crippen LogP contribution >= 0.6 is 0 Å². The number of benzene rings is 1. The summed E-state index contributed by atoms with van der Waals surface area (Å²) in [6.07, 6.45) is 0. The van der Waals surface area contributed by atoms with Crippen LogP contribution in [0.25, 0.3) is 11.3 Å². The highest BCUT2D eigenvalue weighted by atomic mass is 19.2. The normalized spacial score (nSPS) is 10.6. The van der Waals surface area contributed by atoms with Crippen LogP contribution in [0.2, 0.25) is 0 Å². The van der Waals surface area contributed by atoms with Gasteiger partial charge in [-0.05, 0) is 18.2 Å². The van der Waals surface area contributed by atoms with Crippen molar-refractivity contribution in [3.05, 3.63) is 41.6 Å². The number of nitrogens with one attached hydrogen (secondary N) is 1. The lowest BCUT2D eigenvalue weighted by Crippen LogP contribution is -1.88. The number of aromatic amines is 1. The maximum absolute atomic E-state index is 13.3. The van der Waals surface area contributed by atoms with Gasteiger partial charge in [0, 0.05) is 5.56 Å². The van der Waals surface area contributed by atoms with Gasteiger partial charge in [0.05, 0.1) is 18.0 Å². The van der Waals surface area contributed by atoms with Gasteiger partial charge in [0.2, 0.25) is 0 Å². The van der Waals surface area contributed by atoms with E-state index in [0.717, 1.165) is 6.07 Å². The molecular weight excluding hydrogens is 202 g/mol. The zero-order valence-electron chi connectivity index (χ0n) is 7.67. The quantitative estimate of drug-likeness (QED) is 0.794. The second-order valence-corrected chi connectivity index (χ2v) is 3.04. The maximum Gasteiger partial charge on any atom is 0.168 e. The molecule has 0 spiro atoms. The number of aliphatic hydroxyl groups is 1. The van der Waals surface area contributed by atoms with Crippen molar-refractivity contribution >= 4 is 0 Å². The highest BCUT2D eigenvalue weighted by molar-refractivity contribution is 5.60. The van der Waals surface area contributed by atoms with Crippen LogP contribution in [0.15, 0.2) is 24.3 Å². The van der Waals surface area contributed by atoms with Gasteiger partial charge in [-0.25, -0.2) is 8.78 Å². The Kier molecular flexibility index (Phi) is 2.47. The standard InChI is InChI=1S/C10H8F2N2O/c11-8-3-1-2-7(10(8)12)9-4-6(5-15)13-14-9/h1-4,15H,5H2,(H,13,14). The minimum Gasteiger partial charge on any atom is -0.390 e. The van der Waals surface area contributed by atoms with Gasteiger partial charge in [0.15, 0.2) is 11.6 Å². The molecular formula is C10H8F2N2O. The Labute approximate surface area is 84.4 Å². The van der Waals surface area contributed by atoms with Gasteiger partial charge in [0.25, 0.3) is 0 Å². The van der Waals surface area contributed by atoms with Crippen molar-refractivity contribution < 1.29 is 13.9 Å². The summed E-state index contributed by atoms with van der Waals surface area (Å²) < 4.78 is 26.2.